The van der Waals surface area contributed by atoms with Crippen molar-refractivity contribution in [3.05, 3.63) is 28.8 Å². The van der Waals surface area contributed by atoms with Gasteiger partial charge in [0.05, 0.1) is 14.2 Å². The van der Waals surface area contributed by atoms with Crippen molar-refractivity contribution in [2.45, 2.75) is 25.9 Å². The number of allylic oxidation sites excluding steroid dienone is 2. The minimum absolute atomic E-state index is 0.0780. The zero-order valence-electron chi connectivity index (χ0n) is 12.9. The minimum Gasteiger partial charge on any atom is -0.496 e. The van der Waals surface area contributed by atoms with Gasteiger partial charge in [0.1, 0.15) is 11.5 Å². The number of rotatable bonds is 3. The van der Waals surface area contributed by atoms with Gasteiger partial charge in [0.2, 0.25) is 0 Å². The first kappa shape index (κ1) is 14.4. The predicted molar refractivity (Wildman–Crippen MR) is 83.9 cm³/mol. The van der Waals surface area contributed by atoms with Crippen molar-refractivity contribution in [1.82, 2.24) is 0 Å². The first-order chi connectivity index (χ1) is 8.89. The molecule has 0 saturated heterocycles. The summed E-state index contributed by atoms with van der Waals surface area (Å²) in [6.45, 7) is 11.4. The summed E-state index contributed by atoms with van der Waals surface area (Å²) in [4.78, 5) is 0. The third-order valence-corrected chi connectivity index (χ3v) is 6.97. The molecule has 2 nitrogen and oxygen atoms in total. The van der Waals surface area contributed by atoms with Gasteiger partial charge in [0, 0.05) is 16.3 Å². The molecule has 1 atom stereocenters. The Balaban J connectivity index is 2.85. The predicted octanol–water partition coefficient (Wildman–Crippen LogP) is 4.47. The Kier molecular flexibility index (Phi) is 3.66. The summed E-state index contributed by atoms with van der Waals surface area (Å²) >= 11 is 0. The summed E-state index contributed by atoms with van der Waals surface area (Å²) in [6.07, 6.45) is 0. The fourth-order valence-corrected chi connectivity index (χ4v) is 4.57. The van der Waals surface area contributed by atoms with Gasteiger partial charge >= 0.3 is 0 Å². The van der Waals surface area contributed by atoms with Crippen LogP contribution in [0.5, 0.6) is 11.5 Å². The van der Waals surface area contributed by atoms with Gasteiger partial charge in [-0.05, 0) is 51.8 Å². The highest BCUT2D eigenvalue weighted by Crippen LogP contribution is 2.64. The van der Waals surface area contributed by atoms with Crippen LogP contribution < -0.4 is 9.47 Å². The first-order valence-corrected chi connectivity index (χ1v) is 8.74. The van der Waals surface area contributed by atoms with Crippen LogP contribution in [-0.4, -0.2) is 27.5 Å². The number of fused-ring (bicyclic) bond motifs is 1. The molecule has 0 saturated carbocycles. The molecule has 1 aliphatic carbocycles. The second kappa shape index (κ2) is 4.83. The lowest BCUT2D eigenvalue weighted by molar-refractivity contribution is 0.396. The normalized spacial score (nSPS) is 21.9. The smallest absolute Gasteiger partial charge is 0.126 e. The molecule has 1 aromatic rings. The summed E-state index contributed by atoms with van der Waals surface area (Å²) in [5, 5.41) is 0.0780. The molecule has 2 rings (SSSR count). The summed E-state index contributed by atoms with van der Waals surface area (Å²) in [6, 6.07) is 4.04. The Hall–Kier alpha value is -1.01. The second-order valence-corrected chi connectivity index (χ2v) is 8.12. The molecule has 0 amide bonds. The molecule has 104 valence electrons. The number of benzene rings is 1. The Labute approximate surface area is 117 Å². The van der Waals surface area contributed by atoms with E-state index in [0.717, 1.165) is 11.5 Å². The largest absolute Gasteiger partial charge is 0.496 e. The highest BCUT2D eigenvalue weighted by molar-refractivity contribution is 7.57. The van der Waals surface area contributed by atoms with Gasteiger partial charge in [-0.3, -0.25) is 0 Å². The Bertz CT molecular complexity index is 546. The number of hydrogen-bond acceptors (Lipinski definition) is 2. The van der Waals surface area contributed by atoms with Gasteiger partial charge in [0.25, 0.3) is 0 Å². The van der Waals surface area contributed by atoms with Crippen LogP contribution in [0.3, 0.4) is 0 Å². The van der Waals surface area contributed by atoms with Crippen molar-refractivity contribution >= 4 is 13.5 Å². The van der Waals surface area contributed by atoms with E-state index >= 15 is 0 Å². The molecular formula is C16H23O2P. The molecule has 0 heterocycles. The van der Waals surface area contributed by atoms with Crippen molar-refractivity contribution < 1.29 is 9.47 Å². The SMILES string of the molecule is COc1ccc(OC)c2c1C(C)=C(C)C2(C)P(C)C. The standard InChI is InChI=1S/C16H23O2P/c1-10-11(2)16(3,19(6)7)15-13(18-5)9-8-12(17-4)14(10)15/h8-9H,1-7H3. The molecule has 3 heteroatoms. The fraction of sp³-hybridized carbons (Fsp3) is 0.500. The van der Waals surface area contributed by atoms with Gasteiger partial charge in [-0.25, -0.2) is 0 Å². The quantitative estimate of drug-likeness (QED) is 0.760. The van der Waals surface area contributed by atoms with Crippen LogP contribution >= 0.6 is 7.92 Å². The molecule has 19 heavy (non-hydrogen) atoms. The van der Waals surface area contributed by atoms with E-state index in [4.69, 9.17) is 9.47 Å². The highest BCUT2D eigenvalue weighted by atomic mass is 31.1. The van der Waals surface area contributed by atoms with E-state index in [0.29, 0.717) is 0 Å². The summed E-state index contributed by atoms with van der Waals surface area (Å²) in [5.41, 5.74) is 5.32. The van der Waals surface area contributed by atoms with Gasteiger partial charge in [0.15, 0.2) is 0 Å². The maximum absolute atomic E-state index is 5.63. The number of methoxy groups -OCH3 is 2. The van der Waals surface area contributed by atoms with E-state index in [2.05, 4.69) is 34.1 Å². The molecule has 0 bridgehead atoms. The summed E-state index contributed by atoms with van der Waals surface area (Å²) in [5.74, 6) is 1.93. The van der Waals surface area contributed by atoms with Crippen LogP contribution in [0, 0.1) is 0 Å². The van der Waals surface area contributed by atoms with E-state index in [1.807, 2.05) is 12.1 Å². The van der Waals surface area contributed by atoms with Gasteiger partial charge in [-0.15, -0.1) is 0 Å². The van der Waals surface area contributed by atoms with Crippen LogP contribution in [0.15, 0.2) is 17.7 Å². The lowest BCUT2D eigenvalue weighted by atomic mass is 9.96. The van der Waals surface area contributed by atoms with Crippen LogP contribution in [0.4, 0.5) is 0 Å². The average Bonchev–Trinajstić information content (AvgIpc) is 2.61. The molecule has 0 radical (unpaired) electrons. The maximum atomic E-state index is 5.63. The van der Waals surface area contributed by atoms with Crippen LogP contribution in [0.2, 0.25) is 0 Å². The zero-order chi connectivity index (χ0) is 14.4. The Morgan fingerprint density at radius 2 is 1.53 bits per heavy atom. The van der Waals surface area contributed by atoms with Gasteiger partial charge in [-0.2, -0.15) is 0 Å². The monoisotopic (exact) mass is 278 g/mol. The van der Waals surface area contributed by atoms with Crippen LogP contribution in [0.1, 0.15) is 31.9 Å². The molecule has 1 aliphatic rings. The highest BCUT2D eigenvalue weighted by Gasteiger charge is 2.43. The molecule has 0 N–H and O–H groups in total. The van der Waals surface area contributed by atoms with Crippen LogP contribution in [0.25, 0.3) is 5.57 Å². The minimum atomic E-state index is -0.169. The average molecular weight is 278 g/mol. The molecule has 0 aromatic heterocycles. The molecular weight excluding hydrogens is 255 g/mol. The van der Waals surface area contributed by atoms with E-state index in [-0.39, 0.29) is 13.1 Å². The Morgan fingerprint density at radius 3 is 2.00 bits per heavy atom. The fourth-order valence-electron chi connectivity index (χ4n) is 3.06. The third-order valence-electron chi connectivity index (χ3n) is 4.62. The lowest BCUT2D eigenvalue weighted by Gasteiger charge is -2.34. The first-order valence-electron chi connectivity index (χ1n) is 6.50. The number of hydrogen-bond donors (Lipinski definition) is 0. The van der Waals surface area contributed by atoms with E-state index in [1.54, 1.807) is 14.2 Å². The number of ether oxygens (including phenoxy) is 2. The summed E-state index contributed by atoms with van der Waals surface area (Å²) in [7, 11) is 3.32. The van der Waals surface area contributed by atoms with Crippen LogP contribution in [-0.2, 0) is 5.16 Å². The van der Waals surface area contributed by atoms with Gasteiger partial charge < -0.3 is 9.47 Å². The zero-order valence-corrected chi connectivity index (χ0v) is 13.8. The van der Waals surface area contributed by atoms with E-state index in [1.165, 1.54) is 22.3 Å². The molecule has 0 aliphatic heterocycles. The van der Waals surface area contributed by atoms with E-state index < -0.39 is 0 Å². The second-order valence-electron chi connectivity index (χ2n) is 5.44. The van der Waals surface area contributed by atoms with Crippen molar-refractivity contribution in [3.63, 3.8) is 0 Å². The Morgan fingerprint density at radius 1 is 1.00 bits per heavy atom. The molecule has 1 aromatic carbocycles. The molecule has 1 unspecified atom stereocenters. The van der Waals surface area contributed by atoms with Crippen molar-refractivity contribution in [1.29, 1.82) is 0 Å². The lowest BCUT2D eigenvalue weighted by Crippen LogP contribution is -2.19. The summed E-state index contributed by atoms with van der Waals surface area (Å²) < 4.78 is 11.2. The maximum Gasteiger partial charge on any atom is 0.126 e. The van der Waals surface area contributed by atoms with E-state index in [9.17, 15) is 0 Å². The van der Waals surface area contributed by atoms with Crippen molar-refractivity contribution in [2.75, 3.05) is 27.5 Å². The molecule has 0 spiro atoms. The van der Waals surface area contributed by atoms with Crippen molar-refractivity contribution in [2.24, 2.45) is 0 Å². The topological polar surface area (TPSA) is 18.5 Å². The molecule has 0 fully saturated rings. The van der Waals surface area contributed by atoms with Crippen molar-refractivity contribution in [3.8, 4) is 11.5 Å². The third kappa shape index (κ3) is 1.80. The van der Waals surface area contributed by atoms with Gasteiger partial charge in [-0.1, -0.05) is 13.5 Å².